The standard InChI is InChI=1S/C15H17N3S/c1-16-8-11-9-17-15(18-10-11)19-14-6-5-12-3-2-4-13(12)7-14/h5-7,9-10,16H,2-4,8H2,1H3. The molecule has 0 saturated carbocycles. The van der Waals surface area contributed by atoms with Gasteiger partial charge >= 0.3 is 0 Å². The number of fused-ring (bicyclic) bond motifs is 1. The third-order valence-electron chi connectivity index (χ3n) is 3.34. The van der Waals surface area contributed by atoms with Crippen molar-refractivity contribution < 1.29 is 0 Å². The van der Waals surface area contributed by atoms with Gasteiger partial charge in [0.05, 0.1) is 0 Å². The molecule has 0 unspecified atom stereocenters. The molecule has 0 spiro atoms. The van der Waals surface area contributed by atoms with Gasteiger partial charge < -0.3 is 5.32 Å². The largest absolute Gasteiger partial charge is 0.316 e. The molecule has 0 saturated heterocycles. The summed E-state index contributed by atoms with van der Waals surface area (Å²) in [6.45, 7) is 0.809. The lowest BCUT2D eigenvalue weighted by molar-refractivity contribution is 0.793. The van der Waals surface area contributed by atoms with Crippen LogP contribution in [0.3, 0.4) is 0 Å². The summed E-state index contributed by atoms with van der Waals surface area (Å²) >= 11 is 1.64. The molecule has 3 nitrogen and oxygen atoms in total. The van der Waals surface area contributed by atoms with Crippen molar-refractivity contribution in [3.63, 3.8) is 0 Å². The van der Waals surface area contributed by atoms with Gasteiger partial charge in [-0.3, -0.25) is 0 Å². The SMILES string of the molecule is CNCc1cnc(Sc2ccc3c(c2)CCC3)nc1. The summed E-state index contributed by atoms with van der Waals surface area (Å²) in [4.78, 5) is 10.0. The van der Waals surface area contributed by atoms with Crippen LogP contribution in [-0.4, -0.2) is 17.0 Å². The zero-order valence-electron chi connectivity index (χ0n) is 11.0. The van der Waals surface area contributed by atoms with Crippen molar-refractivity contribution >= 4 is 11.8 Å². The summed E-state index contributed by atoms with van der Waals surface area (Å²) in [5.41, 5.74) is 4.12. The van der Waals surface area contributed by atoms with Crippen LogP contribution in [0, 0.1) is 0 Å². The molecule has 1 heterocycles. The number of rotatable bonds is 4. The Labute approximate surface area is 117 Å². The first kappa shape index (κ1) is 12.6. The lowest BCUT2D eigenvalue weighted by Gasteiger charge is -2.04. The van der Waals surface area contributed by atoms with E-state index >= 15 is 0 Å². The Balaban J connectivity index is 1.74. The first-order valence-electron chi connectivity index (χ1n) is 6.60. The minimum Gasteiger partial charge on any atom is -0.316 e. The maximum atomic E-state index is 4.40. The van der Waals surface area contributed by atoms with E-state index in [2.05, 4.69) is 33.5 Å². The quantitative estimate of drug-likeness (QED) is 0.868. The molecule has 0 radical (unpaired) electrons. The average Bonchev–Trinajstić information content (AvgIpc) is 2.89. The molecule has 0 fully saturated rings. The highest BCUT2D eigenvalue weighted by atomic mass is 32.2. The Morgan fingerprint density at radius 3 is 2.74 bits per heavy atom. The topological polar surface area (TPSA) is 37.8 Å². The third-order valence-corrected chi connectivity index (χ3v) is 4.22. The number of nitrogens with one attached hydrogen (secondary N) is 1. The number of benzene rings is 1. The highest BCUT2D eigenvalue weighted by Crippen LogP contribution is 2.30. The molecule has 3 rings (SSSR count). The van der Waals surface area contributed by atoms with Gasteiger partial charge in [-0.05, 0) is 61.3 Å². The molecule has 1 aromatic heterocycles. The van der Waals surface area contributed by atoms with E-state index in [1.165, 1.54) is 35.3 Å². The normalized spacial score (nSPS) is 13.5. The average molecular weight is 271 g/mol. The second-order valence-corrected chi connectivity index (χ2v) is 5.83. The van der Waals surface area contributed by atoms with Gasteiger partial charge in [0.1, 0.15) is 0 Å². The van der Waals surface area contributed by atoms with Gasteiger partial charge in [-0.2, -0.15) is 0 Å². The summed E-state index contributed by atoms with van der Waals surface area (Å²) < 4.78 is 0. The maximum Gasteiger partial charge on any atom is 0.192 e. The Morgan fingerprint density at radius 1 is 1.16 bits per heavy atom. The van der Waals surface area contributed by atoms with Gasteiger partial charge in [-0.25, -0.2) is 9.97 Å². The van der Waals surface area contributed by atoms with Gasteiger partial charge in [-0.15, -0.1) is 0 Å². The van der Waals surface area contributed by atoms with Crippen molar-refractivity contribution in [2.75, 3.05) is 7.05 Å². The number of aromatic nitrogens is 2. The van der Waals surface area contributed by atoms with Crippen LogP contribution in [0.5, 0.6) is 0 Å². The molecule has 1 N–H and O–H groups in total. The van der Waals surface area contributed by atoms with Crippen LogP contribution >= 0.6 is 11.8 Å². The highest BCUT2D eigenvalue weighted by Gasteiger charge is 2.11. The molecule has 1 aromatic carbocycles. The molecular formula is C15H17N3S. The van der Waals surface area contributed by atoms with Crippen LogP contribution < -0.4 is 5.32 Å². The monoisotopic (exact) mass is 271 g/mol. The van der Waals surface area contributed by atoms with E-state index in [0.717, 1.165) is 17.3 Å². The second-order valence-electron chi connectivity index (χ2n) is 4.79. The van der Waals surface area contributed by atoms with E-state index in [0.29, 0.717) is 0 Å². The van der Waals surface area contributed by atoms with E-state index in [1.807, 2.05) is 19.4 Å². The van der Waals surface area contributed by atoms with Crippen molar-refractivity contribution in [3.8, 4) is 0 Å². The molecule has 98 valence electrons. The number of hydrogen-bond acceptors (Lipinski definition) is 4. The Hall–Kier alpha value is -1.39. The van der Waals surface area contributed by atoms with Gasteiger partial charge in [-0.1, -0.05) is 6.07 Å². The van der Waals surface area contributed by atoms with E-state index in [1.54, 1.807) is 11.8 Å². The molecular weight excluding hydrogens is 254 g/mol. The summed E-state index contributed by atoms with van der Waals surface area (Å²) in [7, 11) is 1.92. The van der Waals surface area contributed by atoms with Crippen LogP contribution in [0.1, 0.15) is 23.1 Å². The van der Waals surface area contributed by atoms with Crippen LogP contribution in [0.2, 0.25) is 0 Å². The fraction of sp³-hybridized carbons (Fsp3) is 0.333. The molecule has 1 aliphatic rings. The smallest absolute Gasteiger partial charge is 0.192 e. The van der Waals surface area contributed by atoms with Gasteiger partial charge in [0.2, 0.25) is 0 Å². The minimum atomic E-state index is 0.809. The minimum absolute atomic E-state index is 0.809. The van der Waals surface area contributed by atoms with Crippen LogP contribution in [0.25, 0.3) is 0 Å². The lowest BCUT2D eigenvalue weighted by atomic mass is 10.1. The van der Waals surface area contributed by atoms with Crippen molar-refractivity contribution in [3.05, 3.63) is 47.3 Å². The van der Waals surface area contributed by atoms with E-state index < -0.39 is 0 Å². The van der Waals surface area contributed by atoms with Gasteiger partial charge in [0, 0.05) is 29.4 Å². The molecule has 0 aliphatic heterocycles. The van der Waals surface area contributed by atoms with E-state index in [4.69, 9.17) is 0 Å². The number of hydrogen-bond donors (Lipinski definition) is 1. The van der Waals surface area contributed by atoms with Crippen LogP contribution in [0.4, 0.5) is 0 Å². The molecule has 0 atom stereocenters. The predicted molar refractivity (Wildman–Crippen MR) is 77.4 cm³/mol. The zero-order valence-corrected chi connectivity index (χ0v) is 11.8. The van der Waals surface area contributed by atoms with Crippen molar-refractivity contribution in [1.29, 1.82) is 0 Å². The highest BCUT2D eigenvalue weighted by molar-refractivity contribution is 7.99. The Kier molecular flexibility index (Phi) is 3.80. The van der Waals surface area contributed by atoms with Crippen LogP contribution in [0.15, 0.2) is 40.6 Å². The molecule has 0 bridgehead atoms. The summed E-state index contributed by atoms with van der Waals surface area (Å²) in [6, 6.07) is 6.72. The fourth-order valence-corrected chi connectivity index (χ4v) is 3.17. The van der Waals surface area contributed by atoms with Crippen molar-refractivity contribution in [1.82, 2.24) is 15.3 Å². The van der Waals surface area contributed by atoms with E-state index in [9.17, 15) is 0 Å². The summed E-state index contributed by atoms with van der Waals surface area (Å²) in [6.07, 6.45) is 7.51. The molecule has 1 aliphatic carbocycles. The summed E-state index contributed by atoms with van der Waals surface area (Å²) in [5.74, 6) is 0. The molecule has 4 heteroatoms. The van der Waals surface area contributed by atoms with Crippen molar-refractivity contribution in [2.45, 2.75) is 35.9 Å². The first-order valence-corrected chi connectivity index (χ1v) is 7.42. The van der Waals surface area contributed by atoms with Gasteiger partial charge in [0.25, 0.3) is 0 Å². The predicted octanol–water partition coefficient (Wildman–Crippen LogP) is 2.84. The van der Waals surface area contributed by atoms with E-state index in [-0.39, 0.29) is 0 Å². The Bertz CT molecular complexity index is 566. The fourth-order valence-electron chi connectivity index (χ4n) is 2.41. The number of aryl methyl sites for hydroxylation is 2. The zero-order chi connectivity index (χ0) is 13.1. The molecule has 2 aromatic rings. The second kappa shape index (κ2) is 5.72. The third kappa shape index (κ3) is 2.96. The first-order chi connectivity index (χ1) is 9.35. The molecule has 0 amide bonds. The molecule has 19 heavy (non-hydrogen) atoms. The van der Waals surface area contributed by atoms with Crippen LogP contribution in [-0.2, 0) is 19.4 Å². The lowest BCUT2D eigenvalue weighted by Crippen LogP contribution is -2.05. The number of nitrogens with zero attached hydrogens (tertiary/aromatic N) is 2. The van der Waals surface area contributed by atoms with Crippen molar-refractivity contribution in [2.24, 2.45) is 0 Å². The summed E-state index contributed by atoms with van der Waals surface area (Å²) in [5, 5.41) is 3.91. The van der Waals surface area contributed by atoms with Gasteiger partial charge in [0.15, 0.2) is 5.16 Å². The Morgan fingerprint density at radius 2 is 1.95 bits per heavy atom. The maximum absolute atomic E-state index is 4.40.